The number of carbonyl (C=O) groups is 2. The second kappa shape index (κ2) is 11.7. The molecule has 0 bridgehead atoms. The van der Waals surface area contributed by atoms with Gasteiger partial charge >= 0.3 is 11.9 Å². The number of esters is 2. The summed E-state index contributed by atoms with van der Waals surface area (Å²) in [5.41, 5.74) is 0.393. The smallest absolute Gasteiger partial charge is 0.338 e. The zero-order chi connectivity index (χ0) is 30.4. The van der Waals surface area contributed by atoms with Gasteiger partial charge in [0, 0.05) is 46.9 Å². The summed E-state index contributed by atoms with van der Waals surface area (Å²) < 4.78 is 53.0. The van der Waals surface area contributed by atoms with Crippen LogP contribution in [0.5, 0.6) is 0 Å². The zero-order valence-electron chi connectivity index (χ0n) is 23.6. The molecule has 0 radical (unpaired) electrons. The number of sulfonamides is 1. The molecule has 14 heteroatoms. The third kappa shape index (κ3) is 6.10. The molecule has 1 saturated heterocycles. The van der Waals surface area contributed by atoms with Gasteiger partial charge in [-0.3, -0.25) is 9.79 Å². The van der Waals surface area contributed by atoms with Crippen LogP contribution in [-0.4, -0.2) is 66.5 Å². The Hall–Kier alpha value is -2.87. The maximum Gasteiger partial charge on any atom is 0.338 e. The lowest BCUT2D eigenvalue weighted by molar-refractivity contribution is -0.162. The number of benzene rings is 1. The van der Waals surface area contributed by atoms with Crippen molar-refractivity contribution >= 4 is 50.7 Å². The Balaban J connectivity index is 1.43. The van der Waals surface area contributed by atoms with E-state index in [4.69, 9.17) is 26.1 Å². The minimum absolute atomic E-state index is 0.0880. The number of carbonyl (C=O) groups excluding carboxylic acids is 2. The number of hydrogen-bond acceptors (Lipinski definition) is 10. The molecule has 1 aromatic heterocycles. The molecule has 2 aliphatic heterocycles. The van der Waals surface area contributed by atoms with Crippen LogP contribution in [0.25, 0.3) is 0 Å². The minimum atomic E-state index is -3.71. The minimum Gasteiger partial charge on any atom is -0.466 e. The Kier molecular flexibility index (Phi) is 8.49. The summed E-state index contributed by atoms with van der Waals surface area (Å²) in [6.45, 7) is 5.69. The number of hydrogen-bond donors (Lipinski definition) is 1. The summed E-state index contributed by atoms with van der Waals surface area (Å²) in [4.78, 5) is 34.7. The van der Waals surface area contributed by atoms with E-state index in [1.54, 1.807) is 32.3 Å². The molecule has 1 N–H and O–H groups in total. The van der Waals surface area contributed by atoms with Crippen molar-refractivity contribution in [2.75, 3.05) is 20.2 Å². The Bertz CT molecular complexity index is 1550. The summed E-state index contributed by atoms with van der Waals surface area (Å²) in [7, 11) is -2.46. The van der Waals surface area contributed by atoms with E-state index >= 15 is 0 Å². The first-order chi connectivity index (χ1) is 19.8. The second-order valence-electron chi connectivity index (χ2n) is 11.5. The second-order valence-corrected chi connectivity index (χ2v) is 15.1. The lowest BCUT2D eigenvalue weighted by atomic mass is 9.85. The molecule has 1 aliphatic carbocycles. The molecular weight excluding hydrogens is 607 g/mol. The van der Waals surface area contributed by atoms with Crippen LogP contribution in [0.2, 0.25) is 5.02 Å². The molecule has 2 aromatic rings. The zero-order valence-corrected chi connectivity index (χ0v) is 26.0. The summed E-state index contributed by atoms with van der Waals surface area (Å²) >= 11 is 7.77. The van der Waals surface area contributed by atoms with Crippen LogP contribution in [0.1, 0.15) is 56.6 Å². The third-order valence-corrected chi connectivity index (χ3v) is 10.9. The Morgan fingerprint density at radius 3 is 2.60 bits per heavy atom. The fourth-order valence-electron chi connectivity index (χ4n) is 5.41. The van der Waals surface area contributed by atoms with Gasteiger partial charge in [-0.15, -0.1) is 11.3 Å². The van der Waals surface area contributed by atoms with E-state index in [-0.39, 0.29) is 42.5 Å². The van der Waals surface area contributed by atoms with E-state index in [0.717, 1.165) is 6.07 Å². The Labute approximate surface area is 253 Å². The molecule has 0 spiro atoms. The number of methoxy groups -OCH3 is 1. The van der Waals surface area contributed by atoms with Crippen LogP contribution in [0.3, 0.4) is 0 Å². The molecule has 3 aliphatic rings. The van der Waals surface area contributed by atoms with E-state index in [2.05, 4.69) is 10.3 Å². The number of ether oxygens (including phenoxy) is 2. The van der Waals surface area contributed by atoms with Crippen LogP contribution in [0.15, 0.2) is 46.0 Å². The van der Waals surface area contributed by atoms with E-state index in [0.29, 0.717) is 28.5 Å². The highest BCUT2D eigenvalue weighted by Crippen LogP contribution is 2.42. The van der Waals surface area contributed by atoms with Crippen LogP contribution in [-0.2, 0) is 29.1 Å². The van der Waals surface area contributed by atoms with Crippen molar-refractivity contribution in [3.63, 3.8) is 0 Å². The molecule has 42 heavy (non-hydrogen) atoms. The molecule has 5 rings (SSSR count). The highest BCUT2D eigenvalue weighted by molar-refractivity contribution is 7.89. The number of halogens is 2. The summed E-state index contributed by atoms with van der Waals surface area (Å²) in [6.07, 6.45) is 2.47. The highest BCUT2D eigenvalue weighted by Gasteiger charge is 2.48. The van der Waals surface area contributed by atoms with Crippen molar-refractivity contribution in [2.45, 2.75) is 56.9 Å². The molecule has 10 nitrogen and oxygen atoms in total. The van der Waals surface area contributed by atoms with Crippen LogP contribution >= 0.6 is 22.9 Å². The first-order valence-corrected chi connectivity index (χ1v) is 16.3. The first kappa shape index (κ1) is 30.6. The number of nitrogens with one attached hydrogen (secondary N) is 1. The van der Waals surface area contributed by atoms with Gasteiger partial charge in [-0.2, -0.15) is 0 Å². The fraction of sp³-hybridized carbons (Fsp3) is 0.500. The molecule has 2 fully saturated rings. The lowest BCUT2D eigenvalue weighted by Gasteiger charge is -2.37. The van der Waals surface area contributed by atoms with Gasteiger partial charge in [0.2, 0.25) is 10.0 Å². The van der Waals surface area contributed by atoms with Gasteiger partial charge in [0.15, 0.2) is 10.8 Å². The van der Waals surface area contributed by atoms with Crippen molar-refractivity contribution in [2.24, 2.45) is 16.8 Å². The molecule has 3 heterocycles. The first-order valence-electron chi connectivity index (χ1n) is 13.5. The summed E-state index contributed by atoms with van der Waals surface area (Å²) in [6, 6.07) is 2.93. The van der Waals surface area contributed by atoms with E-state index in [1.165, 1.54) is 34.9 Å². The normalized spacial score (nSPS) is 25.0. The predicted octanol–water partition coefficient (Wildman–Crippen LogP) is 4.23. The van der Waals surface area contributed by atoms with E-state index in [9.17, 15) is 22.4 Å². The number of aliphatic imine (C=N–C) groups is 1. The van der Waals surface area contributed by atoms with Crippen molar-refractivity contribution in [3.05, 3.63) is 62.5 Å². The fourth-order valence-corrected chi connectivity index (χ4v) is 8.39. The van der Waals surface area contributed by atoms with Gasteiger partial charge in [-0.1, -0.05) is 17.7 Å². The van der Waals surface area contributed by atoms with Crippen molar-refractivity contribution in [3.8, 4) is 0 Å². The molecule has 0 amide bonds. The highest BCUT2D eigenvalue weighted by atomic mass is 35.5. The largest absolute Gasteiger partial charge is 0.466 e. The summed E-state index contributed by atoms with van der Waals surface area (Å²) in [5.74, 6) is -2.04. The summed E-state index contributed by atoms with van der Waals surface area (Å²) in [5, 5.41) is 4.99. The van der Waals surface area contributed by atoms with Gasteiger partial charge in [-0.25, -0.2) is 26.9 Å². The van der Waals surface area contributed by atoms with Crippen LogP contribution < -0.4 is 5.32 Å². The van der Waals surface area contributed by atoms with Gasteiger partial charge in [0.25, 0.3) is 0 Å². The number of aromatic nitrogens is 1. The van der Waals surface area contributed by atoms with Gasteiger partial charge < -0.3 is 14.8 Å². The van der Waals surface area contributed by atoms with Crippen LogP contribution in [0, 0.1) is 17.7 Å². The quantitative estimate of drug-likeness (QED) is 0.447. The SMILES string of the molecule is COC(=O)C1=C(C2CCN(S(=O)(=O)C3CC(C(=O)OC(C)(C)C)C3)C2)NC(c2nccs2)=NC1c1ccc(F)cc1Cl. The molecule has 226 valence electrons. The Morgan fingerprint density at radius 1 is 1.24 bits per heavy atom. The number of rotatable bonds is 7. The van der Waals surface area contributed by atoms with Crippen molar-refractivity contribution in [1.29, 1.82) is 0 Å². The number of nitrogens with zero attached hydrogens (tertiary/aromatic N) is 3. The molecule has 1 aromatic carbocycles. The average Bonchev–Trinajstić information content (AvgIpc) is 3.59. The molecule has 2 atom stereocenters. The van der Waals surface area contributed by atoms with Gasteiger partial charge in [0.05, 0.1) is 23.9 Å². The maximum absolute atomic E-state index is 13.9. The van der Waals surface area contributed by atoms with Gasteiger partial charge in [-0.05, 0) is 52.2 Å². The lowest BCUT2D eigenvalue weighted by Crippen LogP contribution is -2.47. The van der Waals surface area contributed by atoms with Crippen LogP contribution in [0.4, 0.5) is 4.39 Å². The van der Waals surface area contributed by atoms with E-state index in [1.807, 2.05) is 0 Å². The number of thiazole rings is 1. The Morgan fingerprint density at radius 2 is 1.98 bits per heavy atom. The van der Waals surface area contributed by atoms with Gasteiger partial charge in [0.1, 0.15) is 17.5 Å². The molecule has 2 unspecified atom stereocenters. The topological polar surface area (TPSA) is 127 Å². The van der Waals surface area contributed by atoms with Crippen molar-refractivity contribution in [1.82, 2.24) is 14.6 Å². The number of amidine groups is 1. The van der Waals surface area contributed by atoms with E-state index < -0.39 is 50.5 Å². The predicted molar refractivity (Wildman–Crippen MR) is 156 cm³/mol. The molecular formula is C28H32ClFN4O6S2. The third-order valence-electron chi connectivity index (χ3n) is 7.55. The monoisotopic (exact) mass is 638 g/mol. The average molecular weight is 639 g/mol. The molecule has 1 saturated carbocycles. The van der Waals surface area contributed by atoms with Crippen molar-refractivity contribution < 1.29 is 31.9 Å². The standard InChI is InChI=1S/C28H32ClFN4O6S2/c1-28(2,3)40-26(35)16-11-18(12-16)42(37,38)34-9-7-15(14-34)22-21(27(36)39-4)23(19-6-5-17(30)13-20(19)29)33-24(32-22)25-31-8-10-41-25/h5-6,8,10,13,15-16,18,23H,7,9,11-12,14H2,1-4H3,(H,32,33). The maximum atomic E-state index is 13.9.